The highest BCUT2D eigenvalue weighted by atomic mass is 16.5. The van der Waals surface area contributed by atoms with Crippen molar-refractivity contribution in [3.8, 4) is 0 Å². The van der Waals surface area contributed by atoms with Crippen LogP contribution in [0.4, 0.5) is 5.95 Å². The molecule has 4 aromatic rings. The minimum absolute atomic E-state index is 0.273. The molecule has 0 atom stereocenters. The van der Waals surface area contributed by atoms with E-state index in [2.05, 4.69) is 106 Å². The van der Waals surface area contributed by atoms with Gasteiger partial charge < -0.3 is 14.2 Å². The normalized spacial score (nSPS) is 14.8. The monoisotopic (exact) mass is 454 g/mol. The number of fused-ring (bicyclic) bond motifs is 1. The smallest absolute Gasteiger partial charge is 0.206 e. The fraction of sp³-hybridized carbons (Fsp3) is 0.345. The van der Waals surface area contributed by atoms with Crippen molar-refractivity contribution < 1.29 is 4.74 Å². The van der Waals surface area contributed by atoms with E-state index in [1.165, 1.54) is 16.6 Å². The molecule has 1 fully saturated rings. The zero-order valence-electron chi connectivity index (χ0n) is 20.0. The van der Waals surface area contributed by atoms with E-state index in [9.17, 15) is 0 Å². The maximum absolute atomic E-state index is 5.60. The lowest BCUT2D eigenvalue weighted by Gasteiger charge is -2.40. The number of hydrogen-bond acceptors (Lipinski definition) is 4. The zero-order valence-corrected chi connectivity index (χ0v) is 20.0. The second-order valence-electron chi connectivity index (χ2n) is 8.85. The van der Waals surface area contributed by atoms with Crippen LogP contribution in [0.3, 0.4) is 0 Å². The molecule has 0 radical (unpaired) electrons. The molecular formula is C29H34N4O. The van der Waals surface area contributed by atoms with Crippen molar-refractivity contribution in [3.63, 3.8) is 0 Å². The average Bonchev–Trinajstić information content (AvgIpc) is 3.27. The number of hydrogen-bond donors (Lipinski definition) is 0. The highest BCUT2D eigenvalue weighted by molar-refractivity contribution is 5.78. The molecule has 2 heterocycles. The van der Waals surface area contributed by atoms with Gasteiger partial charge in [-0.25, -0.2) is 4.98 Å². The van der Waals surface area contributed by atoms with Crippen LogP contribution in [0, 0.1) is 0 Å². The number of piperazine rings is 1. The van der Waals surface area contributed by atoms with E-state index < -0.39 is 0 Å². The Hall–Kier alpha value is -3.15. The standard InChI is InChI=1S/C29H34N4O/c1-2-34-23-11-18-33-27-17-10-9-16-26(27)30-29(33)32-21-19-31(20-22-32)28(24-12-5-3-6-13-24)25-14-7-4-8-15-25/h3-10,12-17,28H,2,11,18-23H2,1H3. The second-order valence-corrected chi connectivity index (χ2v) is 8.85. The second kappa shape index (κ2) is 10.9. The van der Waals surface area contributed by atoms with Gasteiger partial charge in [-0.3, -0.25) is 4.90 Å². The van der Waals surface area contributed by atoms with Gasteiger partial charge in [-0.1, -0.05) is 72.8 Å². The third-order valence-electron chi connectivity index (χ3n) is 6.70. The van der Waals surface area contributed by atoms with Crippen LogP contribution in [0.2, 0.25) is 0 Å². The van der Waals surface area contributed by atoms with Crippen molar-refractivity contribution >= 4 is 17.0 Å². The first-order chi connectivity index (χ1) is 16.8. The maximum atomic E-state index is 5.60. The molecule has 34 heavy (non-hydrogen) atoms. The lowest BCUT2D eigenvalue weighted by atomic mass is 9.96. The number of ether oxygens (including phenoxy) is 1. The summed E-state index contributed by atoms with van der Waals surface area (Å²) in [5, 5.41) is 0. The highest BCUT2D eigenvalue weighted by Gasteiger charge is 2.28. The summed E-state index contributed by atoms with van der Waals surface area (Å²) in [6.07, 6.45) is 0.991. The van der Waals surface area contributed by atoms with E-state index >= 15 is 0 Å². The molecular weight excluding hydrogens is 420 g/mol. The Morgan fingerprint density at radius 2 is 1.41 bits per heavy atom. The average molecular weight is 455 g/mol. The van der Waals surface area contributed by atoms with Gasteiger partial charge >= 0.3 is 0 Å². The van der Waals surface area contributed by atoms with Gasteiger partial charge in [0.15, 0.2) is 0 Å². The van der Waals surface area contributed by atoms with Crippen LogP contribution in [0.1, 0.15) is 30.5 Å². The number of anilines is 1. The van der Waals surface area contributed by atoms with Gasteiger partial charge in [0.05, 0.1) is 17.1 Å². The fourth-order valence-electron chi connectivity index (χ4n) is 5.06. The van der Waals surface area contributed by atoms with Crippen LogP contribution < -0.4 is 4.90 Å². The Morgan fingerprint density at radius 1 is 0.794 bits per heavy atom. The molecule has 0 aliphatic carbocycles. The molecule has 0 spiro atoms. The van der Waals surface area contributed by atoms with Crippen molar-refractivity contribution in [1.82, 2.24) is 14.5 Å². The van der Waals surface area contributed by atoms with Crippen molar-refractivity contribution in [3.05, 3.63) is 96.1 Å². The molecule has 5 rings (SSSR count). The largest absolute Gasteiger partial charge is 0.382 e. The molecule has 0 saturated carbocycles. The number of para-hydroxylation sites is 2. The first-order valence-electron chi connectivity index (χ1n) is 12.5. The van der Waals surface area contributed by atoms with E-state index in [-0.39, 0.29) is 6.04 Å². The maximum Gasteiger partial charge on any atom is 0.206 e. The molecule has 176 valence electrons. The number of nitrogens with zero attached hydrogens (tertiary/aromatic N) is 4. The first kappa shape index (κ1) is 22.6. The summed E-state index contributed by atoms with van der Waals surface area (Å²) >= 11 is 0. The Kier molecular flexibility index (Phi) is 7.22. The number of benzene rings is 3. The molecule has 0 bridgehead atoms. The fourth-order valence-corrected chi connectivity index (χ4v) is 5.06. The van der Waals surface area contributed by atoms with Crippen LogP contribution in [-0.2, 0) is 11.3 Å². The van der Waals surface area contributed by atoms with E-state index in [1.807, 2.05) is 0 Å². The van der Waals surface area contributed by atoms with E-state index in [1.54, 1.807) is 0 Å². The molecule has 0 amide bonds. The van der Waals surface area contributed by atoms with Gasteiger partial charge in [-0.2, -0.15) is 0 Å². The van der Waals surface area contributed by atoms with Gasteiger partial charge in [-0.05, 0) is 36.6 Å². The molecule has 3 aromatic carbocycles. The first-order valence-corrected chi connectivity index (χ1v) is 12.5. The van der Waals surface area contributed by atoms with Crippen LogP contribution in [0.25, 0.3) is 11.0 Å². The minimum atomic E-state index is 0.273. The molecule has 0 unspecified atom stereocenters. The summed E-state index contributed by atoms with van der Waals surface area (Å²) in [5.74, 6) is 1.09. The van der Waals surface area contributed by atoms with Gasteiger partial charge in [0, 0.05) is 45.9 Å². The zero-order chi connectivity index (χ0) is 23.2. The summed E-state index contributed by atoms with van der Waals surface area (Å²) in [7, 11) is 0. The molecule has 1 saturated heterocycles. The summed E-state index contributed by atoms with van der Waals surface area (Å²) in [4.78, 5) is 10.1. The molecule has 1 aliphatic rings. The van der Waals surface area contributed by atoms with E-state index in [4.69, 9.17) is 9.72 Å². The molecule has 5 nitrogen and oxygen atoms in total. The van der Waals surface area contributed by atoms with Crippen LogP contribution in [-0.4, -0.2) is 53.8 Å². The summed E-state index contributed by atoms with van der Waals surface area (Å²) in [5.41, 5.74) is 4.99. The topological polar surface area (TPSA) is 33.5 Å². The summed E-state index contributed by atoms with van der Waals surface area (Å²) in [6, 6.07) is 30.5. The predicted molar refractivity (Wildman–Crippen MR) is 139 cm³/mol. The Bertz CT molecular complexity index is 1130. The number of rotatable bonds is 9. The quantitative estimate of drug-likeness (QED) is 0.318. The molecule has 1 aliphatic heterocycles. The Morgan fingerprint density at radius 3 is 2.06 bits per heavy atom. The van der Waals surface area contributed by atoms with Crippen molar-refractivity contribution in [2.24, 2.45) is 0 Å². The summed E-state index contributed by atoms with van der Waals surface area (Å²) in [6.45, 7) is 8.45. The Balaban J connectivity index is 1.36. The van der Waals surface area contributed by atoms with Crippen LogP contribution >= 0.6 is 0 Å². The van der Waals surface area contributed by atoms with Gasteiger partial charge in [0.25, 0.3) is 0 Å². The van der Waals surface area contributed by atoms with Gasteiger partial charge in [0.1, 0.15) is 0 Å². The third kappa shape index (κ3) is 4.86. The van der Waals surface area contributed by atoms with Crippen molar-refractivity contribution in [2.75, 3.05) is 44.3 Å². The lowest BCUT2D eigenvalue weighted by Crippen LogP contribution is -2.48. The number of imidazole rings is 1. The van der Waals surface area contributed by atoms with Crippen molar-refractivity contribution in [2.45, 2.75) is 25.9 Å². The van der Waals surface area contributed by atoms with Crippen LogP contribution in [0.5, 0.6) is 0 Å². The number of aryl methyl sites for hydroxylation is 1. The molecule has 0 N–H and O–H groups in total. The molecule has 1 aromatic heterocycles. The predicted octanol–water partition coefficient (Wildman–Crippen LogP) is 5.37. The summed E-state index contributed by atoms with van der Waals surface area (Å²) < 4.78 is 7.98. The lowest BCUT2D eigenvalue weighted by molar-refractivity contribution is 0.142. The van der Waals surface area contributed by atoms with Gasteiger partial charge in [0.2, 0.25) is 5.95 Å². The van der Waals surface area contributed by atoms with E-state index in [0.29, 0.717) is 0 Å². The SMILES string of the molecule is CCOCCCn1c(N2CCN(C(c3ccccc3)c3ccccc3)CC2)nc2ccccc21. The number of aromatic nitrogens is 2. The third-order valence-corrected chi connectivity index (χ3v) is 6.70. The van der Waals surface area contributed by atoms with Crippen molar-refractivity contribution in [1.29, 1.82) is 0 Å². The van der Waals surface area contributed by atoms with Gasteiger partial charge in [-0.15, -0.1) is 0 Å². The highest BCUT2D eigenvalue weighted by Crippen LogP contribution is 2.31. The molecule has 5 heteroatoms. The Labute approximate surface area is 202 Å². The van der Waals surface area contributed by atoms with Crippen LogP contribution in [0.15, 0.2) is 84.9 Å². The minimum Gasteiger partial charge on any atom is -0.382 e. The van der Waals surface area contributed by atoms with E-state index in [0.717, 1.165) is 63.8 Å².